The number of amides is 1. The Hall–Kier alpha value is -2.65. The third-order valence-corrected chi connectivity index (χ3v) is 5.32. The molecule has 3 rings (SSSR count). The van der Waals surface area contributed by atoms with Crippen molar-refractivity contribution < 1.29 is 14.3 Å². The first-order valence-corrected chi connectivity index (χ1v) is 9.06. The number of carbonyl (C=O) groups excluding carboxylic acids is 2. The number of nitrogens with one attached hydrogen (secondary N) is 1. The van der Waals surface area contributed by atoms with Gasteiger partial charge in [0.1, 0.15) is 10.9 Å². The van der Waals surface area contributed by atoms with Gasteiger partial charge in [-0.15, -0.1) is 11.3 Å². The molecule has 5 nitrogen and oxygen atoms in total. The molecule has 1 aliphatic rings. The lowest BCUT2D eigenvalue weighted by Gasteiger charge is -2.07. The van der Waals surface area contributed by atoms with E-state index in [-0.39, 0.29) is 6.61 Å². The molecular weight excluding hydrogens is 336 g/mol. The fourth-order valence-corrected chi connectivity index (χ4v) is 3.99. The van der Waals surface area contributed by atoms with Gasteiger partial charge in [-0.1, -0.05) is 18.6 Å². The van der Waals surface area contributed by atoms with Gasteiger partial charge in [0, 0.05) is 4.88 Å². The molecule has 0 saturated heterocycles. The molecule has 0 radical (unpaired) electrons. The summed E-state index contributed by atoms with van der Waals surface area (Å²) in [6, 6.07) is 10.6. The minimum atomic E-state index is -0.471. The third-order valence-electron chi connectivity index (χ3n) is 4.10. The number of ether oxygens (including phenoxy) is 1. The van der Waals surface area contributed by atoms with E-state index in [0.717, 1.165) is 25.7 Å². The molecule has 6 heteroatoms. The molecule has 2 aromatic rings. The first-order valence-electron chi connectivity index (χ1n) is 8.25. The molecule has 0 aliphatic heterocycles. The molecule has 0 spiro atoms. The van der Waals surface area contributed by atoms with Gasteiger partial charge in [-0.25, -0.2) is 4.79 Å². The number of aryl methyl sites for hydroxylation is 2. The maximum atomic E-state index is 12.2. The van der Waals surface area contributed by atoms with Gasteiger partial charge in [-0.05, 0) is 49.4 Å². The number of thiophene rings is 1. The van der Waals surface area contributed by atoms with Crippen LogP contribution in [0.1, 0.15) is 44.9 Å². The van der Waals surface area contributed by atoms with Crippen molar-refractivity contribution in [2.45, 2.75) is 32.1 Å². The first-order chi connectivity index (χ1) is 12.2. The zero-order chi connectivity index (χ0) is 17.6. The van der Waals surface area contributed by atoms with Crippen LogP contribution in [0.2, 0.25) is 0 Å². The highest BCUT2D eigenvalue weighted by Crippen LogP contribution is 2.29. The topological polar surface area (TPSA) is 79.2 Å². The molecule has 1 N–H and O–H groups in total. The average Bonchev–Trinajstić information content (AvgIpc) is 2.91. The first kappa shape index (κ1) is 17.2. The monoisotopic (exact) mass is 354 g/mol. The Kier molecular flexibility index (Phi) is 5.46. The molecule has 0 saturated carbocycles. The van der Waals surface area contributed by atoms with Gasteiger partial charge in [-0.2, -0.15) is 5.26 Å². The summed E-state index contributed by atoms with van der Waals surface area (Å²) >= 11 is 1.47. The fourth-order valence-electron chi connectivity index (χ4n) is 2.85. The average molecular weight is 354 g/mol. The predicted octanol–water partition coefficient (Wildman–Crippen LogP) is 3.68. The van der Waals surface area contributed by atoms with Crippen molar-refractivity contribution in [2.75, 3.05) is 11.9 Å². The van der Waals surface area contributed by atoms with Crippen molar-refractivity contribution in [3.63, 3.8) is 0 Å². The molecule has 0 unspecified atom stereocenters. The number of hydrogen-bond acceptors (Lipinski definition) is 5. The maximum absolute atomic E-state index is 12.2. The Morgan fingerprint density at radius 3 is 2.84 bits per heavy atom. The minimum Gasteiger partial charge on any atom is -0.451 e. The zero-order valence-electron chi connectivity index (χ0n) is 13.7. The van der Waals surface area contributed by atoms with Crippen LogP contribution in [0.4, 0.5) is 5.69 Å². The molecular formula is C19H18N2O3S. The quantitative estimate of drug-likeness (QED) is 0.671. The van der Waals surface area contributed by atoms with Crippen molar-refractivity contribution in [2.24, 2.45) is 0 Å². The van der Waals surface area contributed by atoms with Crippen LogP contribution in [0.25, 0.3) is 0 Å². The summed E-state index contributed by atoms with van der Waals surface area (Å²) in [6.07, 6.45) is 5.55. The molecule has 25 heavy (non-hydrogen) atoms. The number of esters is 1. The summed E-state index contributed by atoms with van der Waals surface area (Å²) in [5.41, 5.74) is 2.01. The molecule has 1 heterocycles. The molecule has 1 aromatic heterocycles. The number of rotatable bonds is 4. The van der Waals surface area contributed by atoms with Gasteiger partial charge in [-0.3, -0.25) is 4.79 Å². The van der Waals surface area contributed by atoms with E-state index < -0.39 is 11.9 Å². The number of fused-ring (bicyclic) bond motifs is 1. The molecule has 1 amide bonds. The van der Waals surface area contributed by atoms with Gasteiger partial charge >= 0.3 is 5.97 Å². The normalized spacial score (nSPS) is 13.2. The van der Waals surface area contributed by atoms with Crippen LogP contribution < -0.4 is 5.32 Å². The maximum Gasteiger partial charge on any atom is 0.348 e. The predicted molar refractivity (Wildman–Crippen MR) is 95.6 cm³/mol. The largest absolute Gasteiger partial charge is 0.451 e. The summed E-state index contributed by atoms with van der Waals surface area (Å²) in [7, 11) is 0. The van der Waals surface area contributed by atoms with Crippen LogP contribution >= 0.6 is 11.3 Å². The Morgan fingerprint density at radius 2 is 2.00 bits per heavy atom. The van der Waals surface area contributed by atoms with E-state index in [2.05, 4.69) is 5.32 Å². The van der Waals surface area contributed by atoms with Gasteiger partial charge in [0.25, 0.3) is 5.91 Å². The lowest BCUT2D eigenvalue weighted by Crippen LogP contribution is -2.21. The van der Waals surface area contributed by atoms with E-state index in [0.29, 0.717) is 16.1 Å². The van der Waals surface area contributed by atoms with Crippen molar-refractivity contribution in [3.05, 3.63) is 51.2 Å². The van der Waals surface area contributed by atoms with Crippen molar-refractivity contribution in [3.8, 4) is 6.07 Å². The second kappa shape index (κ2) is 7.95. The summed E-state index contributed by atoms with van der Waals surface area (Å²) in [5.74, 6) is -0.934. The molecule has 0 bridgehead atoms. The third kappa shape index (κ3) is 4.25. The van der Waals surface area contributed by atoms with Crippen LogP contribution in [0.5, 0.6) is 0 Å². The van der Waals surface area contributed by atoms with Gasteiger partial charge in [0.05, 0.1) is 11.3 Å². The van der Waals surface area contributed by atoms with E-state index in [1.54, 1.807) is 24.3 Å². The van der Waals surface area contributed by atoms with Crippen molar-refractivity contribution >= 4 is 28.9 Å². The minimum absolute atomic E-state index is 0.365. The lowest BCUT2D eigenvalue weighted by molar-refractivity contribution is -0.119. The summed E-state index contributed by atoms with van der Waals surface area (Å²) in [5, 5.41) is 11.6. The van der Waals surface area contributed by atoms with Gasteiger partial charge < -0.3 is 10.1 Å². The second-order valence-electron chi connectivity index (χ2n) is 5.90. The Bertz CT molecular complexity index is 812. The van der Waals surface area contributed by atoms with Crippen LogP contribution in [-0.2, 0) is 22.4 Å². The van der Waals surface area contributed by atoms with E-state index >= 15 is 0 Å². The number of para-hydroxylation sites is 1. The highest BCUT2D eigenvalue weighted by Gasteiger charge is 2.18. The van der Waals surface area contributed by atoms with E-state index in [1.165, 1.54) is 28.2 Å². The Morgan fingerprint density at radius 1 is 1.20 bits per heavy atom. The summed E-state index contributed by atoms with van der Waals surface area (Å²) in [6.45, 7) is -0.374. The highest BCUT2D eigenvalue weighted by atomic mass is 32.1. The standard InChI is InChI=1S/C19H18N2O3S/c20-11-14-7-4-5-8-15(14)21-18(22)12-24-19(23)17-10-13-6-2-1-3-9-16(13)25-17/h4-5,7-8,10H,1-3,6,9,12H2,(H,21,22). The van der Waals surface area contributed by atoms with Crippen LogP contribution in [0, 0.1) is 11.3 Å². The van der Waals surface area contributed by atoms with Gasteiger partial charge in [0.2, 0.25) is 0 Å². The number of anilines is 1. The smallest absolute Gasteiger partial charge is 0.348 e. The zero-order valence-corrected chi connectivity index (χ0v) is 14.5. The number of carbonyl (C=O) groups is 2. The van der Waals surface area contributed by atoms with Crippen LogP contribution in [-0.4, -0.2) is 18.5 Å². The van der Waals surface area contributed by atoms with Crippen LogP contribution in [0.3, 0.4) is 0 Å². The molecule has 128 valence electrons. The fraction of sp³-hybridized carbons (Fsp3) is 0.316. The molecule has 0 atom stereocenters. The summed E-state index contributed by atoms with van der Waals surface area (Å²) < 4.78 is 5.12. The second-order valence-corrected chi connectivity index (χ2v) is 7.04. The van der Waals surface area contributed by atoms with Crippen molar-refractivity contribution in [1.82, 2.24) is 0 Å². The Labute approximate surface area is 150 Å². The van der Waals surface area contributed by atoms with E-state index in [1.807, 2.05) is 12.1 Å². The van der Waals surface area contributed by atoms with E-state index in [4.69, 9.17) is 10.00 Å². The van der Waals surface area contributed by atoms with Gasteiger partial charge in [0.15, 0.2) is 6.61 Å². The van der Waals surface area contributed by atoms with E-state index in [9.17, 15) is 9.59 Å². The molecule has 1 aliphatic carbocycles. The Balaban J connectivity index is 1.57. The highest BCUT2D eigenvalue weighted by molar-refractivity contribution is 7.14. The lowest BCUT2D eigenvalue weighted by atomic mass is 10.1. The molecule has 0 fully saturated rings. The van der Waals surface area contributed by atoms with Crippen LogP contribution in [0.15, 0.2) is 30.3 Å². The number of nitriles is 1. The number of hydrogen-bond donors (Lipinski definition) is 1. The number of nitrogens with zero attached hydrogens (tertiary/aromatic N) is 1. The van der Waals surface area contributed by atoms with Crippen molar-refractivity contribution in [1.29, 1.82) is 5.26 Å². The molecule has 1 aromatic carbocycles. The summed E-state index contributed by atoms with van der Waals surface area (Å²) in [4.78, 5) is 26.0. The SMILES string of the molecule is N#Cc1ccccc1NC(=O)COC(=O)c1cc2c(s1)CCCCC2. The number of benzene rings is 1.